The molecule has 0 aromatic carbocycles. The normalized spacial score (nSPS) is 10.8. The summed E-state index contributed by atoms with van der Waals surface area (Å²) in [5.41, 5.74) is 1.18. The number of aryl methyl sites for hydroxylation is 1. The average molecular weight is 178 g/mol. The molecule has 0 amide bonds. The first kappa shape index (κ1) is 7.97. The zero-order valence-electron chi connectivity index (χ0n) is 7.32. The Balaban J connectivity index is 2.63. The Morgan fingerprint density at radius 2 is 2.46 bits per heavy atom. The van der Waals surface area contributed by atoms with Crippen molar-refractivity contribution < 1.29 is 0 Å². The number of aromatic nitrogens is 4. The van der Waals surface area contributed by atoms with Crippen molar-refractivity contribution in [2.45, 2.75) is 19.8 Å². The fourth-order valence-corrected chi connectivity index (χ4v) is 1.29. The largest absolute Gasteiger partial charge is 0.295 e. The second-order valence-corrected chi connectivity index (χ2v) is 2.92. The molecule has 0 spiro atoms. The van der Waals surface area contributed by atoms with Crippen molar-refractivity contribution in [2.24, 2.45) is 0 Å². The van der Waals surface area contributed by atoms with Gasteiger partial charge in [0.25, 0.3) is 0 Å². The predicted molar refractivity (Wildman–Crippen MR) is 47.6 cm³/mol. The number of hydrogen-bond donors (Lipinski definition) is 1. The highest BCUT2D eigenvalue weighted by Crippen LogP contribution is 1.96. The molecule has 0 aliphatic heterocycles. The average Bonchev–Trinajstić information content (AvgIpc) is 2.53. The lowest BCUT2D eigenvalue weighted by atomic mass is 10.2. The molecular weight excluding hydrogens is 168 g/mol. The van der Waals surface area contributed by atoms with Crippen molar-refractivity contribution >= 4 is 5.65 Å². The zero-order chi connectivity index (χ0) is 9.26. The maximum atomic E-state index is 11.4. The molecule has 0 saturated heterocycles. The Kier molecular flexibility index (Phi) is 1.84. The van der Waals surface area contributed by atoms with E-state index >= 15 is 0 Å². The van der Waals surface area contributed by atoms with E-state index in [9.17, 15) is 4.79 Å². The molecule has 0 atom stereocenters. The number of hydrogen-bond acceptors (Lipinski definition) is 3. The second-order valence-electron chi connectivity index (χ2n) is 2.92. The first-order chi connectivity index (χ1) is 6.31. The van der Waals surface area contributed by atoms with Crippen LogP contribution in [0.2, 0.25) is 0 Å². The predicted octanol–water partition coefficient (Wildman–Crippen LogP) is 0.370. The number of nitrogens with zero attached hydrogens (tertiary/aromatic N) is 3. The molecule has 2 heterocycles. The first-order valence-electron chi connectivity index (χ1n) is 4.23. The van der Waals surface area contributed by atoms with Gasteiger partial charge in [-0.05, 0) is 6.42 Å². The summed E-state index contributed by atoms with van der Waals surface area (Å²) >= 11 is 0. The van der Waals surface area contributed by atoms with Crippen LogP contribution in [0.4, 0.5) is 0 Å². The molecule has 0 aliphatic rings. The highest BCUT2D eigenvalue weighted by molar-refractivity contribution is 5.34. The fraction of sp³-hybridized carbons (Fsp3) is 0.375. The fourth-order valence-electron chi connectivity index (χ4n) is 1.29. The van der Waals surface area contributed by atoms with Crippen LogP contribution in [-0.4, -0.2) is 19.8 Å². The molecule has 5 heteroatoms. The summed E-state index contributed by atoms with van der Waals surface area (Å²) in [6.07, 6.45) is 3.36. The van der Waals surface area contributed by atoms with Gasteiger partial charge >= 0.3 is 0 Å². The first-order valence-corrected chi connectivity index (χ1v) is 4.23. The van der Waals surface area contributed by atoms with Crippen molar-refractivity contribution in [1.29, 1.82) is 0 Å². The van der Waals surface area contributed by atoms with Crippen molar-refractivity contribution in [2.75, 3.05) is 0 Å². The molecule has 0 fully saturated rings. The Labute approximate surface area is 74.4 Å². The molecule has 0 radical (unpaired) electrons. The SMILES string of the molecule is CCCc1cc(=O)c2nncn2[nH]1. The van der Waals surface area contributed by atoms with Gasteiger partial charge in [-0.2, -0.15) is 0 Å². The summed E-state index contributed by atoms with van der Waals surface area (Å²) in [4.78, 5) is 11.4. The van der Waals surface area contributed by atoms with Gasteiger partial charge in [-0.25, -0.2) is 4.52 Å². The Bertz CT molecular complexity index is 470. The summed E-state index contributed by atoms with van der Waals surface area (Å²) in [6, 6.07) is 1.58. The molecule has 2 aromatic rings. The van der Waals surface area contributed by atoms with E-state index in [0.29, 0.717) is 5.65 Å². The number of H-pyrrole nitrogens is 1. The van der Waals surface area contributed by atoms with Gasteiger partial charge in [-0.15, -0.1) is 10.2 Å². The van der Waals surface area contributed by atoms with E-state index in [4.69, 9.17) is 0 Å². The van der Waals surface area contributed by atoms with E-state index in [2.05, 4.69) is 22.2 Å². The topological polar surface area (TPSA) is 63.1 Å². The zero-order valence-corrected chi connectivity index (χ0v) is 7.32. The van der Waals surface area contributed by atoms with Gasteiger partial charge in [0, 0.05) is 11.8 Å². The Morgan fingerprint density at radius 1 is 1.62 bits per heavy atom. The minimum absolute atomic E-state index is 0.0836. The van der Waals surface area contributed by atoms with Crippen LogP contribution >= 0.6 is 0 Å². The molecular formula is C8H10N4O. The standard InChI is InChI=1S/C8H10N4O/c1-2-3-6-4-7(13)8-10-9-5-12(8)11-6/h4-5,11H,2-3H2,1H3. The third kappa shape index (κ3) is 1.32. The van der Waals surface area contributed by atoms with Crippen molar-refractivity contribution in [3.8, 4) is 0 Å². The summed E-state index contributed by atoms with van der Waals surface area (Å²) in [7, 11) is 0. The molecule has 13 heavy (non-hydrogen) atoms. The molecule has 1 N–H and O–H groups in total. The van der Waals surface area contributed by atoms with E-state index in [-0.39, 0.29) is 5.43 Å². The minimum atomic E-state index is -0.0836. The van der Waals surface area contributed by atoms with E-state index < -0.39 is 0 Å². The number of aromatic amines is 1. The van der Waals surface area contributed by atoms with E-state index in [1.54, 1.807) is 10.6 Å². The Morgan fingerprint density at radius 3 is 3.23 bits per heavy atom. The molecule has 5 nitrogen and oxygen atoms in total. The van der Waals surface area contributed by atoms with Crippen LogP contribution < -0.4 is 5.43 Å². The molecule has 68 valence electrons. The van der Waals surface area contributed by atoms with Crippen molar-refractivity contribution in [1.82, 2.24) is 19.8 Å². The number of rotatable bonds is 2. The summed E-state index contributed by atoms with van der Waals surface area (Å²) < 4.78 is 1.55. The highest BCUT2D eigenvalue weighted by Gasteiger charge is 2.01. The number of fused-ring (bicyclic) bond motifs is 1. The van der Waals surface area contributed by atoms with E-state index in [1.807, 2.05) is 0 Å². The molecule has 2 rings (SSSR count). The van der Waals surface area contributed by atoms with Gasteiger partial charge in [0.2, 0.25) is 11.1 Å². The van der Waals surface area contributed by atoms with E-state index in [0.717, 1.165) is 18.5 Å². The highest BCUT2D eigenvalue weighted by atomic mass is 16.1. The van der Waals surface area contributed by atoms with Crippen LogP contribution in [0.1, 0.15) is 19.0 Å². The Hall–Kier alpha value is -1.65. The lowest BCUT2D eigenvalue weighted by molar-refractivity contribution is 0.803. The van der Waals surface area contributed by atoms with Gasteiger partial charge < -0.3 is 0 Å². The monoisotopic (exact) mass is 178 g/mol. The van der Waals surface area contributed by atoms with Gasteiger partial charge in [0.15, 0.2) is 0 Å². The van der Waals surface area contributed by atoms with Crippen molar-refractivity contribution in [3.05, 3.63) is 28.3 Å². The third-order valence-electron chi connectivity index (χ3n) is 1.86. The maximum absolute atomic E-state index is 11.4. The molecule has 0 bridgehead atoms. The van der Waals surface area contributed by atoms with Gasteiger partial charge in [-0.3, -0.25) is 9.89 Å². The quantitative estimate of drug-likeness (QED) is 0.722. The third-order valence-corrected chi connectivity index (χ3v) is 1.86. The smallest absolute Gasteiger partial charge is 0.226 e. The molecule has 0 aliphatic carbocycles. The summed E-state index contributed by atoms with van der Waals surface area (Å²) in [6.45, 7) is 2.06. The van der Waals surface area contributed by atoms with Gasteiger partial charge in [-0.1, -0.05) is 13.3 Å². The number of nitrogens with one attached hydrogen (secondary N) is 1. The van der Waals surface area contributed by atoms with Crippen LogP contribution in [-0.2, 0) is 6.42 Å². The lowest BCUT2D eigenvalue weighted by Crippen LogP contribution is -2.10. The molecule has 0 unspecified atom stereocenters. The van der Waals surface area contributed by atoms with E-state index in [1.165, 1.54) is 6.33 Å². The van der Waals surface area contributed by atoms with Crippen LogP contribution in [0, 0.1) is 0 Å². The van der Waals surface area contributed by atoms with Crippen molar-refractivity contribution in [3.63, 3.8) is 0 Å². The molecule has 0 saturated carbocycles. The van der Waals surface area contributed by atoms with Gasteiger partial charge in [0.1, 0.15) is 6.33 Å². The van der Waals surface area contributed by atoms with Crippen LogP contribution in [0.25, 0.3) is 5.65 Å². The second kappa shape index (κ2) is 3.01. The van der Waals surface area contributed by atoms with Gasteiger partial charge in [0.05, 0.1) is 0 Å². The minimum Gasteiger partial charge on any atom is -0.295 e. The lowest BCUT2D eigenvalue weighted by Gasteiger charge is -1.98. The van der Waals surface area contributed by atoms with Crippen LogP contribution in [0.5, 0.6) is 0 Å². The van der Waals surface area contributed by atoms with Crippen LogP contribution in [0.15, 0.2) is 17.2 Å². The summed E-state index contributed by atoms with van der Waals surface area (Å²) in [5, 5.41) is 10.4. The van der Waals surface area contributed by atoms with Crippen LogP contribution in [0.3, 0.4) is 0 Å². The maximum Gasteiger partial charge on any atom is 0.226 e. The summed E-state index contributed by atoms with van der Waals surface area (Å²) in [5.74, 6) is 0. The molecule has 2 aromatic heterocycles.